The van der Waals surface area contributed by atoms with Crippen LogP contribution in [0.5, 0.6) is 11.5 Å². The lowest BCUT2D eigenvalue weighted by atomic mass is 9.80. The van der Waals surface area contributed by atoms with Crippen molar-refractivity contribution in [3.05, 3.63) is 174 Å². The summed E-state index contributed by atoms with van der Waals surface area (Å²) in [6, 6.07) is 41.6. The topological polar surface area (TPSA) is 201 Å². The van der Waals surface area contributed by atoms with Gasteiger partial charge in [0.1, 0.15) is 41.7 Å². The first-order valence-electron chi connectivity index (χ1n) is 22.9. The molecule has 0 radical (unpaired) electrons. The molecule has 1 unspecified atom stereocenters. The average Bonchev–Trinajstić information content (AvgIpc) is 3.92. The molecule has 0 aliphatic carbocycles. The molecule has 72 heavy (non-hydrogen) atoms. The van der Waals surface area contributed by atoms with Gasteiger partial charge in [-0.15, -0.1) is 0 Å². The van der Waals surface area contributed by atoms with Gasteiger partial charge in [0.15, 0.2) is 23.2 Å². The summed E-state index contributed by atoms with van der Waals surface area (Å²) in [5.41, 5.74) is -0.806. The molecule has 378 valence electrons. The molecule has 0 bridgehead atoms. The van der Waals surface area contributed by atoms with Crippen LogP contribution in [-0.2, 0) is 42.3 Å². The van der Waals surface area contributed by atoms with Crippen molar-refractivity contribution < 1.29 is 55.9 Å². The van der Waals surface area contributed by atoms with Crippen LogP contribution in [-0.4, -0.2) is 80.7 Å². The van der Waals surface area contributed by atoms with Crippen LogP contribution in [0.15, 0.2) is 157 Å². The Bertz CT molecular complexity index is 2960. The maximum atomic E-state index is 15.3. The second-order valence-corrected chi connectivity index (χ2v) is 23.8. The fourth-order valence-electron chi connectivity index (χ4n) is 8.16. The molecule has 7 aromatic rings. The molecule has 2 N–H and O–H groups in total. The Hall–Kier alpha value is -5.75. The van der Waals surface area contributed by atoms with E-state index in [0.717, 1.165) is 5.56 Å². The zero-order valence-corrected chi connectivity index (χ0v) is 43.6. The number of imidazole rings is 1. The number of nitrogens with one attached hydrogen (secondary N) is 1. The van der Waals surface area contributed by atoms with E-state index in [-0.39, 0.29) is 23.6 Å². The van der Waals surface area contributed by atoms with Gasteiger partial charge < -0.3 is 29.2 Å². The van der Waals surface area contributed by atoms with Crippen molar-refractivity contribution >= 4 is 48.9 Å². The lowest BCUT2D eigenvalue weighted by Gasteiger charge is -2.37. The fourth-order valence-corrected chi connectivity index (χ4v) is 12.9. The van der Waals surface area contributed by atoms with Gasteiger partial charge in [-0.25, -0.2) is 24.1 Å². The van der Waals surface area contributed by atoms with Gasteiger partial charge in [-0.05, 0) is 118 Å². The molecule has 1 aliphatic heterocycles. The highest BCUT2D eigenvalue weighted by Crippen LogP contribution is 2.64. The van der Waals surface area contributed by atoms with E-state index in [1.165, 1.54) is 17.2 Å². The van der Waals surface area contributed by atoms with Gasteiger partial charge >= 0.3 is 14.6 Å². The molecular weight excluding hydrogens is 981 g/mol. The summed E-state index contributed by atoms with van der Waals surface area (Å²) >= 11 is 0.605. The number of phosphoric acid groups is 1. The lowest BCUT2D eigenvalue weighted by molar-refractivity contribution is -0.0932. The average molecular weight is 1040 g/mol. The summed E-state index contributed by atoms with van der Waals surface area (Å²) < 4.78 is 82.2. The Morgan fingerprint density at radius 3 is 1.76 bits per heavy atom. The van der Waals surface area contributed by atoms with E-state index < -0.39 is 61.9 Å². The first kappa shape index (κ1) is 52.6. The Kier molecular flexibility index (Phi) is 15.9. The minimum Gasteiger partial charge on any atom is -0.497 e. The van der Waals surface area contributed by atoms with Crippen LogP contribution in [0.1, 0.15) is 74.8 Å². The minimum atomic E-state index is -4.74. The SMILES string of the molecule is COc1ccc(C(OC[C@H]2O[C@@H](n3cnc4c(NC(=O)c5ccccc5)ncnc43)[C@H](OP(=O)(OC(C)(C)C)OC(C)(C)C)[C@@H]2OP(=O)(O)Sc2ccccc2)(c2ccccc2)c2ccc(OC)cc2)cc1. The molecule has 20 heteroatoms. The summed E-state index contributed by atoms with van der Waals surface area (Å²) in [6.07, 6.45) is -3.23. The van der Waals surface area contributed by atoms with E-state index in [4.69, 9.17) is 37.0 Å². The number of rotatable bonds is 19. The normalized spacial score (nSPS) is 18.4. The van der Waals surface area contributed by atoms with Crippen molar-refractivity contribution in [2.45, 2.75) is 87.8 Å². The summed E-state index contributed by atoms with van der Waals surface area (Å²) in [5, 5.41) is 2.82. The van der Waals surface area contributed by atoms with Gasteiger partial charge in [-0.3, -0.25) is 27.5 Å². The number of nitrogens with zero attached hydrogens (tertiary/aromatic N) is 4. The lowest BCUT2D eigenvalue weighted by Crippen LogP contribution is -2.41. The number of anilines is 1. The molecule has 1 fully saturated rings. The number of amides is 1. The van der Waals surface area contributed by atoms with Crippen molar-refractivity contribution in [2.24, 2.45) is 0 Å². The van der Waals surface area contributed by atoms with E-state index >= 15 is 4.57 Å². The summed E-state index contributed by atoms with van der Waals surface area (Å²) in [5.74, 6) is 0.858. The highest BCUT2D eigenvalue weighted by atomic mass is 32.7. The van der Waals surface area contributed by atoms with Gasteiger partial charge in [-0.2, -0.15) is 0 Å². The van der Waals surface area contributed by atoms with Crippen LogP contribution < -0.4 is 14.8 Å². The number of hydrogen-bond acceptors (Lipinski definition) is 15. The van der Waals surface area contributed by atoms with Crippen molar-refractivity contribution in [3.63, 3.8) is 0 Å². The highest BCUT2D eigenvalue weighted by molar-refractivity contribution is 8.54. The number of fused-ring (bicyclic) bond motifs is 1. The Morgan fingerprint density at radius 2 is 1.22 bits per heavy atom. The Labute approximate surface area is 422 Å². The smallest absolute Gasteiger partial charge is 0.476 e. The predicted molar refractivity (Wildman–Crippen MR) is 273 cm³/mol. The quantitative estimate of drug-likeness (QED) is 0.0572. The Morgan fingerprint density at radius 1 is 0.694 bits per heavy atom. The summed E-state index contributed by atoms with van der Waals surface area (Å²) in [4.78, 5) is 39.3. The highest BCUT2D eigenvalue weighted by Gasteiger charge is 2.56. The first-order chi connectivity index (χ1) is 34.3. The number of hydrogen-bond donors (Lipinski definition) is 2. The van der Waals surface area contributed by atoms with Crippen LogP contribution in [0.3, 0.4) is 0 Å². The molecule has 1 amide bonds. The van der Waals surface area contributed by atoms with Gasteiger partial charge in [0.25, 0.3) is 5.91 Å². The van der Waals surface area contributed by atoms with Crippen molar-refractivity contribution in [1.82, 2.24) is 19.5 Å². The molecule has 5 aromatic carbocycles. The number of benzene rings is 5. The number of methoxy groups -OCH3 is 2. The van der Waals surface area contributed by atoms with Crippen LogP contribution in [0.2, 0.25) is 0 Å². The maximum absolute atomic E-state index is 15.3. The Balaban J connectivity index is 1.30. The molecular formula is C52H57N5O12P2S. The zero-order valence-electron chi connectivity index (χ0n) is 41.0. The van der Waals surface area contributed by atoms with Crippen molar-refractivity contribution in [2.75, 3.05) is 26.1 Å². The third-order valence-electron chi connectivity index (χ3n) is 11.1. The van der Waals surface area contributed by atoms with Gasteiger partial charge in [0.2, 0.25) is 0 Å². The molecule has 1 aliphatic rings. The van der Waals surface area contributed by atoms with E-state index in [1.54, 1.807) is 116 Å². The first-order valence-corrected chi connectivity index (χ1v) is 27.4. The summed E-state index contributed by atoms with van der Waals surface area (Å²) in [7, 11) is -1.55. The second kappa shape index (κ2) is 21.8. The molecule has 3 heterocycles. The third-order valence-corrected chi connectivity index (χ3v) is 15.9. The minimum absolute atomic E-state index is 0.0827. The molecule has 1 saturated heterocycles. The molecule has 17 nitrogen and oxygen atoms in total. The number of carbonyl (C=O) groups excluding carboxylic acids is 1. The van der Waals surface area contributed by atoms with E-state index in [0.29, 0.717) is 44.5 Å². The van der Waals surface area contributed by atoms with Crippen LogP contribution in [0.4, 0.5) is 5.82 Å². The second-order valence-electron chi connectivity index (χ2n) is 18.6. The van der Waals surface area contributed by atoms with Crippen LogP contribution in [0, 0.1) is 0 Å². The summed E-state index contributed by atoms with van der Waals surface area (Å²) in [6.45, 7) is 5.03. The van der Waals surface area contributed by atoms with E-state index in [1.807, 2.05) is 78.9 Å². The molecule has 0 spiro atoms. The molecule has 5 atom stereocenters. The van der Waals surface area contributed by atoms with Crippen LogP contribution >= 0.6 is 26.0 Å². The van der Waals surface area contributed by atoms with Crippen molar-refractivity contribution in [1.29, 1.82) is 0 Å². The number of aromatic nitrogens is 4. The van der Waals surface area contributed by atoms with Crippen LogP contribution in [0.25, 0.3) is 11.2 Å². The largest absolute Gasteiger partial charge is 0.497 e. The van der Waals surface area contributed by atoms with Gasteiger partial charge in [0.05, 0.1) is 38.4 Å². The van der Waals surface area contributed by atoms with Crippen molar-refractivity contribution in [3.8, 4) is 11.5 Å². The molecule has 2 aromatic heterocycles. The number of carbonyl (C=O) groups is 1. The van der Waals surface area contributed by atoms with Gasteiger partial charge in [-0.1, -0.05) is 91.0 Å². The fraction of sp³-hybridized carbons (Fsp3) is 0.308. The standard InChI is InChI=1S/C52H57N5O12P2S/c1-50(2,3)68-71(61,69-51(4,5)6)67-45-44(66-70(59,60)72-41-22-16-11-17-23-41)42(65-49(45)57-34-55-43-46(53-33-54-47(43)57)56-48(58)35-18-12-9-13-19-35)32-64-52(36-20-14-10-15-21-36,37-24-28-39(62-7)29-25-37)38-26-30-40(63-8)31-27-38/h9-31,33-34,42,44-45,49H,32H2,1-8H3,(H,59,60)(H,53,54,56,58)/t42-,44-,45-,49-/m1/s1. The third kappa shape index (κ3) is 12.4. The molecule has 8 rings (SSSR count). The number of phosphoric ester groups is 1. The number of ether oxygens (including phenoxy) is 4. The van der Waals surface area contributed by atoms with E-state index in [2.05, 4.69) is 20.3 Å². The zero-order chi connectivity index (χ0) is 51.3. The van der Waals surface area contributed by atoms with E-state index in [9.17, 15) is 14.3 Å². The predicted octanol–water partition coefficient (Wildman–Crippen LogP) is 11.4. The van der Waals surface area contributed by atoms with Gasteiger partial charge in [0, 0.05) is 10.5 Å². The molecule has 0 saturated carbocycles. The maximum Gasteiger partial charge on any atom is 0.476 e. The monoisotopic (exact) mass is 1040 g/mol.